The van der Waals surface area contributed by atoms with Crippen LogP contribution in [0, 0.1) is 19.8 Å². The Kier molecular flexibility index (Phi) is 3.64. The summed E-state index contributed by atoms with van der Waals surface area (Å²) in [6.45, 7) is 5.09. The summed E-state index contributed by atoms with van der Waals surface area (Å²) in [7, 11) is 0. The van der Waals surface area contributed by atoms with E-state index in [4.69, 9.17) is 10.2 Å². The molecule has 0 spiro atoms. The van der Waals surface area contributed by atoms with Gasteiger partial charge in [0.1, 0.15) is 5.58 Å². The van der Waals surface area contributed by atoms with Crippen molar-refractivity contribution in [2.75, 3.05) is 13.1 Å². The minimum absolute atomic E-state index is 0.0182. The maximum atomic E-state index is 12.4. The number of carbonyl (C=O) groups excluding carboxylic acids is 2. The smallest absolute Gasteiger partial charge is 0.227 e. The Morgan fingerprint density at radius 3 is 2.82 bits per heavy atom. The molecule has 2 aromatic rings. The van der Waals surface area contributed by atoms with Crippen LogP contribution in [0.5, 0.6) is 0 Å². The van der Waals surface area contributed by atoms with Gasteiger partial charge in [0, 0.05) is 24.0 Å². The Morgan fingerprint density at radius 2 is 2.14 bits per heavy atom. The number of nitrogens with two attached hydrogens (primary N) is 1. The monoisotopic (exact) mass is 300 g/mol. The maximum absolute atomic E-state index is 12.4. The van der Waals surface area contributed by atoms with Crippen LogP contribution >= 0.6 is 0 Å². The highest BCUT2D eigenvalue weighted by Gasteiger charge is 2.29. The number of fused-ring (bicyclic) bond motifs is 1. The van der Waals surface area contributed by atoms with Crippen LogP contribution in [0.2, 0.25) is 0 Å². The number of rotatable bonds is 3. The highest BCUT2D eigenvalue weighted by molar-refractivity contribution is 5.90. The van der Waals surface area contributed by atoms with Crippen molar-refractivity contribution in [1.29, 1.82) is 0 Å². The molecule has 0 aliphatic carbocycles. The van der Waals surface area contributed by atoms with E-state index in [0.717, 1.165) is 22.1 Å². The molecule has 0 radical (unpaired) electrons. The zero-order valence-corrected chi connectivity index (χ0v) is 12.9. The summed E-state index contributed by atoms with van der Waals surface area (Å²) < 4.78 is 5.64. The van der Waals surface area contributed by atoms with Crippen LogP contribution in [0.25, 0.3) is 11.0 Å². The molecule has 1 aliphatic rings. The number of hydrogen-bond acceptors (Lipinski definition) is 3. The van der Waals surface area contributed by atoms with Crippen LogP contribution in [0.4, 0.5) is 0 Å². The SMILES string of the molecule is Cc1ccc2c(CC(=O)N3CC[C@H](C(N)=O)C3)coc2c1C. The molecule has 2 N–H and O–H groups in total. The van der Waals surface area contributed by atoms with E-state index in [1.807, 2.05) is 26.0 Å². The van der Waals surface area contributed by atoms with E-state index in [9.17, 15) is 9.59 Å². The number of furan rings is 1. The molecule has 5 heteroatoms. The number of primary amides is 1. The van der Waals surface area contributed by atoms with Crippen molar-refractivity contribution in [1.82, 2.24) is 4.90 Å². The Balaban J connectivity index is 1.78. The Hall–Kier alpha value is -2.30. The zero-order valence-electron chi connectivity index (χ0n) is 12.9. The van der Waals surface area contributed by atoms with E-state index in [-0.39, 0.29) is 17.7 Å². The second-order valence-electron chi connectivity index (χ2n) is 6.05. The third-order valence-electron chi connectivity index (χ3n) is 4.63. The lowest BCUT2D eigenvalue weighted by Gasteiger charge is -2.15. The number of benzene rings is 1. The van der Waals surface area contributed by atoms with Crippen LogP contribution < -0.4 is 5.73 Å². The van der Waals surface area contributed by atoms with Crippen molar-refractivity contribution in [3.63, 3.8) is 0 Å². The van der Waals surface area contributed by atoms with Gasteiger partial charge in [0.25, 0.3) is 0 Å². The van der Waals surface area contributed by atoms with E-state index in [1.54, 1.807) is 11.2 Å². The molecule has 0 bridgehead atoms. The van der Waals surface area contributed by atoms with Crippen LogP contribution in [-0.2, 0) is 16.0 Å². The van der Waals surface area contributed by atoms with Crippen LogP contribution in [0.1, 0.15) is 23.1 Å². The fourth-order valence-corrected chi connectivity index (χ4v) is 3.02. The molecule has 1 aliphatic heterocycles. The predicted octanol–water partition coefficient (Wildman–Crippen LogP) is 1.93. The summed E-state index contributed by atoms with van der Waals surface area (Å²) in [5, 5.41) is 0.988. The summed E-state index contributed by atoms with van der Waals surface area (Å²) in [6, 6.07) is 4.04. The first-order valence-electron chi connectivity index (χ1n) is 7.50. The normalized spacial score (nSPS) is 18.1. The van der Waals surface area contributed by atoms with Crippen LogP contribution in [-0.4, -0.2) is 29.8 Å². The molecule has 0 unspecified atom stereocenters. The molecular weight excluding hydrogens is 280 g/mol. The van der Waals surface area contributed by atoms with E-state index in [0.29, 0.717) is 25.9 Å². The Morgan fingerprint density at radius 1 is 1.36 bits per heavy atom. The number of carbonyl (C=O) groups is 2. The molecule has 2 amide bonds. The average Bonchev–Trinajstić information content (AvgIpc) is 3.10. The van der Waals surface area contributed by atoms with Gasteiger partial charge in [0.05, 0.1) is 18.6 Å². The molecule has 1 aromatic heterocycles. The molecule has 1 aromatic carbocycles. The van der Waals surface area contributed by atoms with Gasteiger partial charge in [-0.1, -0.05) is 12.1 Å². The first-order chi connectivity index (χ1) is 10.5. The van der Waals surface area contributed by atoms with E-state index >= 15 is 0 Å². The molecule has 2 heterocycles. The minimum Gasteiger partial charge on any atom is -0.464 e. The fraction of sp³-hybridized carbons (Fsp3) is 0.412. The largest absolute Gasteiger partial charge is 0.464 e. The molecule has 1 fully saturated rings. The highest BCUT2D eigenvalue weighted by Crippen LogP contribution is 2.27. The Bertz CT molecular complexity index is 748. The standard InChI is InChI=1S/C17H20N2O3/c1-10-3-4-14-13(9-22-16(14)11(10)2)7-15(20)19-6-5-12(8-19)17(18)21/h3-4,9,12H,5-8H2,1-2H3,(H2,18,21)/t12-/m0/s1. The first kappa shape index (κ1) is 14.6. The lowest BCUT2D eigenvalue weighted by atomic mass is 10.0. The summed E-state index contributed by atoms with van der Waals surface area (Å²) >= 11 is 0. The van der Waals surface area contributed by atoms with Gasteiger partial charge < -0.3 is 15.1 Å². The van der Waals surface area contributed by atoms with E-state index in [1.165, 1.54) is 5.56 Å². The van der Waals surface area contributed by atoms with Crippen LogP contribution in [0.15, 0.2) is 22.8 Å². The number of hydrogen-bond donors (Lipinski definition) is 1. The molecule has 116 valence electrons. The van der Waals surface area contributed by atoms with Crippen molar-refractivity contribution in [3.8, 4) is 0 Å². The van der Waals surface area contributed by atoms with Crippen molar-refractivity contribution in [2.45, 2.75) is 26.7 Å². The molecular formula is C17H20N2O3. The molecule has 1 atom stereocenters. The second kappa shape index (κ2) is 5.48. The van der Waals surface area contributed by atoms with Crippen molar-refractivity contribution >= 4 is 22.8 Å². The molecule has 1 saturated heterocycles. The van der Waals surface area contributed by atoms with Gasteiger partial charge in [-0.15, -0.1) is 0 Å². The van der Waals surface area contributed by atoms with Crippen molar-refractivity contribution < 1.29 is 14.0 Å². The van der Waals surface area contributed by atoms with Gasteiger partial charge in [-0.3, -0.25) is 9.59 Å². The molecule has 22 heavy (non-hydrogen) atoms. The summed E-state index contributed by atoms with van der Waals surface area (Å²) in [4.78, 5) is 25.3. The quantitative estimate of drug-likeness (QED) is 0.941. The topological polar surface area (TPSA) is 76.5 Å². The fourth-order valence-electron chi connectivity index (χ4n) is 3.02. The number of likely N-dealkylation sites (tertiary alicyclic amines) is 1. The first-order valence-corrected chi connectivity index (χ1v) is 7.50. The van der Waals surface area contributed by atoms with Gasteiger partial charge in [-0.25, -0.2) is 0 Å². The average molecular weight is 300 g/mol. The van der Waals surface area contributed by atoms with Gasteiger partial charge in [0.15, 0.2) is 0 Å². The van der Waals surface area contributed by atoms with Crippen LogP contribution in [0.3, 0.4) is 0 Å². The van der Waals surface area contributed by atoms with E-state index < -0.39 is 0 Å². The molecule has 3 rings (SSSR count). The third kappa shape index (κ3) is 2.47. The van der Waals surface area contributed by atoms with Gasteiger partial charge in [0.2, 0.25) is 11.8 Å². The Labute approximate surface area is 129 Å². The lowest BCUT2D eigenvalue weighted by molar-refractivity contribution is -0.129. The van der Waals surface area contributed by atoms with Crippen molar-refractivity contribution in [2.24, 2.45) is 11.7 Å². The number of amides is 2. The van der Waals surface area contributed by atoms with E-state index in [2.05, 4.69) is 0 Å². The van der Waals surface area contributed by atoms with Gasteiger partial charge in [-0.05, 0) is 31.4 Å². The predicted molar refractivity (Wildman–Crippen MR) is 83.3 cm³/mol. The van der Waals surface area contributed by atoms with Gasteiger partial charge in [-0.2, -0.15) is 0 Å². The minimum atomic E-state index is -0.324. The third-order valence-corrected chi connectivity index (χ3v) is 4.63. The number of nitrogens with zero attached hydrogens (tertiary/aromatic N) is 1. The zero-order chi connectivity index (χ0) is 15.9. The van der Waals surface area contributed by atoms with Crippen molar-refractivity contribution in [3.05, 3.63) is 35.1 Å². The second-order valence-corrected chi connectivity index (χ2v) is 6.05. The summed E-state index contributed by atoms with van der Waals surface area (Å²) in [6.07, 6.45) is 2.61. The summed E-state index contributed by atoms with van der Waals surface area (Å²) in [5.41, 5.74) is 9.32. The summed E-state index contributed by atoms with van der Waals surface area (Å²) in [5.74, 6) is -0.519. The maximum Gasteiger partial charge on any atom is 0.227 e. The highest BCUT2D eigenvalue weighted by atomic mass is 16.3. The lowest BCUT2D eigenvalue weighted by Crippen LogP contribution is -2.32. The molecule has 0 saturated carbocycles. The number of aryl methyl sites for hydroxylation is 2. The van der Waals surface area contributed by atoms with Gasteiger partial charge >= 0.3 is 0 Å². The molecule has 5 nitrogen and oxygen atoms in total.